The molecule has 1 aromatic heterocycles. The molecule has 1 aliphatic carbocycles. The molecule has 0 saturated heterocycles. The molecule has 0 radical (unpaired) electrons. The van der Waals surface area contributed by atoms with E-state index in [-0.39, 0.29) is 0 Å². The van der Waals surface area contributed by atoms with E-state index in [0.29, 0.717) is 12.6 Å². The molecule has 3 rings (SSSR count). The molecule has 0 amide bonds. The first-order valence-electron chi connectivity index (χ1n) is 8.08. The maximum Gasteiger partial charge on any atom is 0.122 e. The van der Waals surface area contributed by atoms with Gasteiger partial charge in [0.1, 0.15) is 6.73 Å². The molecular weight excluding hydrogens is 260 g/mol. The number of ether oxygens (including phenoxy) is 1. The number of benzene rings is 1. The van der Waals surface area contributed by atoms with Crippen LogP contribution in [-0.2, 0) is 18.0 Å². The highest BCUT2D eigenvalue weighted by Crippen LogP contribution is 2.29. The lowest BCUT2D eigenvalue weighted by molar-refractivity contribution is 0.0718. The third-order valence-corrected chi connectivity index (χ3v) is 4.00. The van der Waals surface area contributed by atoms with Crippen LogP contribution in [0.2, 0.25) is 0 Å². The summed E-state index contributed by atoms with van der Waals surface area (Å²) in [6.45, 7) is 8.06. The first-order chi connectivity index (χ1) is 10.2. The Morgan fingerprint density at radius 1 is 1.29 bits per heavy atom. The van der Waals surface area contributed by atoms with Gasteiger partial charge in [-0.15, -0.1) is 0 Å². The van der Waals surface area contributed by atoms with Crippen LogP contribution < -0.4 is 5.32 Å². The summed E-state index contributed by atoms with van der Waals surface area (Å²) < 4.78 is 7.98. The van der Waals surface area contributed by atoms with Gasteiger partial charge in [0.15, 0.2) is 0 Å². The summed E-state index contributed by atoms with van der Waals surface area (Å²) in [4.78, 5) is 0. The number of nitrogens with one attached hydrogen (secondary N) is 1. The van der Waals surface area contributed by atoms with Crippen molar-refractivity contribution in [3.8, 4) is 0 Å². The summed E-state index contributed by atoms with van der Waals surface area (Å²) in [6, 6.07) is 8.89. The first kappa shape index (κ1) is 14.6. The van der Waals surface area contributed by atoms with Crippen LogP contribution >= 0.6 is 0 Å². The highest BCUT2D eigenvalue weighted by atomic mass is 16.5. The molecule has 3 heteroatoms. The second kappa shape index (κ2) is 6.63. The zero-order chi connectivity index (χ0) is 14.7. The van der Waals surface area contributed by atoms with E-state index in [9.17, 15) is 0 Å². The van der Waals surface area contributed by atoms with Crippen molar-refractivity contribution in [1.29, 1.82) is 0 Å². The van der Waals surface area contributed by atoms with E-state index in [1.807, 2.05) is 0 Å². The lowest BCUT2D eigenvalue weighted by Crippen LogP contribution is -2.18. The summed E-state index contributed by atoms with van der Waals surface area (Å²) in [6.07, 6.45) is 4.82. The van der Waals surface area contributed by atoms with Gasteiger partial charge in [0, 0.05) is 18.3 Å². The van der Waals surface area contributed by atoms with Gasteiger partial charge in [0.05, 0.1) is 6.61 Å². The molecular formula is C18H26N2O. The van der Waals surface area contributed by atoms with Crippen molar-refractivity contribution < 1.29 is 4.74 Å². The van der Waals surface area contributed by atoms with Crippen molar-refractivity contribution in [3.63, 3.8) is 0 Å². The fourth-order valence-corrected chi connectivity index (χ4v) is 2.58. The van der Waals surface area contributed by atoms with Gasteiger partial charge in [-0.2, -0.15) is 0 Å². The molecule has 21 heavy (non-hydrogen) atoms. The van der Waals surface area contributed by atoms with Crippen LogP contribution in [0, 0.1) is 11.8 Å². The molecule has 1 saturated carbocycles. The number of aromatic nitrogens is 1. The predicted octanol–water partition coefficient (Wildman–Crippen LogP) is 3.77. The van der Waals surface area contributed by atoms with Crippen LogP contribution in [-0.4, -0.2) is 17.7 Å². The Hall–Kier alpha value is -1.32. The lowest BCUT2D eigenvalue weighted by Gasteiger charge is -2.09. The second-order valence-electron chi connectivity index (χ2n) is 6.65. The third kappa shape index (κ3) is 4.08. The van der Waals surface area contributed by atoms with E-state index in [4.69, 9.17) is 4.74 Å². The lowest BCUT2D eigenvalue weighted by atomic mass is 10.1. The molecule has 2 aromatic rings. The van der Waals surface area contributed by atoms with Crippen LogP contribution in [0.1, 0.15) is 32.3 Å². The van der Waals surface area contributed by atoms with Crippen LogP contribution in [0.25, 0.3) is 10.9 Å². The van der Waals surface area contributed by atoms with Gasteiger partial charge >= 0.3 is 0 Å². The first-order valence-corrected chi connectivity index (χ1v) is 8.08. The van der Waals surface area contributed by atoms with Crippen LogP contribution in [0.15, 0.2) is 30.5 Å². The zero-order valence-corrected chi connectivity index (χ0v) is 13.1. The second-order valence-corrected chi connectivity index (χ2v) is 6.65. The summed E-state index contributed by atoms with van der Waals surface area (Å²) >= 11 is 0. The highest BCUT2D eigenvalue weighted by molar-refractivity contribution is 5.80. The number of nitrogens with zero attached hydrogens (tertiary/aromatic N) is 1. The molecule has 1 heterocycles. The molecule has 114 valence electrons. The Kier molecular flexibility index (Phi) is 4.61. The maximum atomic E-state index is 5.78. The van der Waals surface area contributed by atoms with Gasteiger partial charge in [-0.1, -0.05) is 19.9 Å². The fourth-order valence-electron chi connectivity index (χ4n) is 2.58. The van der Waals surface area contributed by atoms with Crippen LogP contribution in [0.3, 0.4) is 0 Å². The summed E-state index contributed by atoms with van der Waals surface area (Å²) in [5.41, 5.74) is 2.61. The average Bonchev–Trinajstić information content (AvgIpc) is 3.19. The van der Waals surface area contributed by atoms with Crippen molar-refractivity contribution in [1.82, 2.24) is 9.88 Å². The molecule has 0 aliphatic heterocycles. The quantitative estimate of drug-likeness (QED) is 0.799. The van der Waals surface area contributed by atoms with E-state index < -0.39 is 0 Å². The topological polar surface area (TPSA) is 26.2 Å². The molecule has 0 unspecified atom stereocenters. The predicted molar refractivity (Wildman–Crippen MR) is 87.2 cm³/mol. The molecule has 1 fully saturated rings. The highest BCUT2D eigenvalue weighted by Gasteiger charge is 2.21. The monoisotopic (exact) mass is 286 g/mol. The number of hydrogen-bond acceptors (Lipinski definition) is 2. The SMILES string of the molecule is CC(C)CNCc1ccc2c(ccn2COCC2CC2)c1. The Balaban J connectivity index is 1.59. The van der Waals surface area contributed by atoms with Gasteiger partial charge in [-0.05, 0) is 60.4 Å². The van der Waals surface area contributed by atoms with E-state index in [1.54, 1.807) is 0 Å². The Morgan fingerprint density at radius 2 is 2.14 bits per heavy atom. The number of hydrogen-bond donors (Lipinski definition) is 1. The molecule has 0 spiro atoms. The van der Waals surface area contributed by atoms with Crippen molar-refractivity contribution in [2.45, 2.75) is 40.0 Å². The Labute approximate surface area is 127 Å². The number of fused-ring (bicyclic) bond motifs is 1. The largest absolute Gasteiger partial charge is 0.360 e. The molecule has 1 aliphatic rings. The van der Waals surface area contributed by atoms with E-state index >= 15 is 0 Å². The van der Waals surface area contributed by atoms with Crippen LogP contribution in [0.5, 0.6) is 0 Å². The standard InChI is InChI=1S/C18H26N2O/c1-14(2)10-19-11-16-5-6-18-17(9-16)7-8-20(18)13-21-12-15-3-4-15/h5-9,14-15,19H,3-4,10-13H2,1-2H3. The third-order valence-electron chi connectivity index (χ3n) is 4.00. The Bertz CT molecular complexity index is 584. The summed E-state index contributed by atoms with van der Waals surface area (Å²) in [5, 5.41) is 4.79. The van der Waals surface area contributed by atoms with E-state index in [2.05, 4.69) is 54.2 Å². The van der Waals surface area contributed by atoms with Crippen LogP contribution in [0.4, 0.5) is 0 Å². The van der Waals surface area contributed by atoms with Gasteiger partial charge in [-0.3, -0.25) is 0 Å². The molecule has 0 atom stereocenters. The Morgan fingerprint density at radius 3 is 2.90 bits per heavy atom. The van der Waals surface area contributed by atoms with Gasteiger partial charge in [-0.25, -0.2) is 0 Å². The maximum absolute atomic E-state index is 5.78. The van der Waals surface area contributed by atoms with Crippen molar-refractivity contribution in [2.24, 2.45) is 11.8 Å². The van der Waals surface area contributed by atoms with Crippen molar-refractivity contribution >= 4 is 10.9 Å². The molecule has 0 bridgehead atoms. The zero-order valence-electron chi connectivity index (χ0n) is 13.1. The van der Waals surface area contributed by atoms with Crippen molar-refractivity contribution in [2.75, 3.05) is 13.2 Å². The molecule has 1 N–H and O–H groups in total. The minimum absolute atomic E-state index is 0.672. The van der Waals surface area contributed by atoms with Gasteiger partial charge in [0.2, 0.25) is 0 Å². The molecule has 3 nitrogen and oxygen atoms in total. The van der Waals surface area contributed by atoms with Gasteiger partial charge < -0.3 is 14.6 Å². The van der Waals surface area contributed by atoms with Gasteiger partial charge in [0.25, 0.3) is 0 Å². The smallest absolute Gasteiger partial charge is 0.122 e. The minimum Gasteiger partial charge on any atom is -0.360 e. The van der Waals surface area contributed by atoms with Crippen molar-refractivity contribution in [3.05, 3.63) is 36.0 Å². The fraction of sp³-hybridized carbons (Fsp3) is 0.556. The summed E-state index contributed by atoms with van der Waals surface area (Å²) in [7, 11) is 0. The van der Waals surface area contributed by atoms with E-state index in [1.165, 1.54) is 29.3 Å². The minimum atomic E-state index is 0.672. The number of rotatable bonds is 8. The molecule has 1 aromatic carbocycles. The normalized spacial score (nSPS) is 15.2. The van der Waals surface area contributed by atoms with E-state index in [0.717, 1.165) is 25.6 Å². The summed E-state index contributed by atoms with van der Waals surface area (Å²) in [5.74, 6) is 1.52. The average molecular weight is 286 g/mol.